The predicted molar refractivity (Wildman–Crippen MR) is 58.7 cm³/mol. The summed E-state index contributed by atoms with van der Waals surface area (Å²) in [5.74, 6) is 0. The van der Waals surface area contributed by atoms with Crippen LogP contribution in [0.4, 0.5) is 4.79 Å². The zero-order chi connectivity index (χ0) is 11.9. The summed E-state index contributed by atoms with van der Waals surface area (Å²) in [6.45, 7) is 3.64. The summed E-state index contributed by atoms with van der Waals surface area (Å²) < 4.78 is 0. The molecular formula is C11H17NO3. The first kappa shape index (κ1) is 13.4. The van der Waals surface area contributed by atoms with Gasteiger partial charge >= 0.3 is 6.09 Å². The number of amides is 1. The van der Waals surface area contributed by atoms with Gasteiger partial charge in [0.15, 0.2) is 0 Å². The number of carbonyl (C=O) groups is 1. The van der Waals surface area contributed by atoms with Crippen molar-refractivity contribution in [2.75, 3.05) is 0 Å². The maximum atomic E-state index is 9.47. The van der Waals surface area contributed by atoms with Crippen LogP contribution in [0.5, 0.6) is 0 Å². The van der Waals surface area contributed by atoms with Gasteiger partial charge in [-0.15, -0.1) is 0 Å². The Balaban J connectivity index is 0.000000423. The topological polar surface area (TPSA) is 83.5 Å². The zero-order valence-electron chi connectivity index (χ0n) is 8.97. The monoisotopic (exact) mass is 211 g/mol. The van der Waals surface area contributed by atoms with Crippen LogP contribution in [0, 0.1) is 0 Å². The van der Waals surface area contributed by atoms with E-state index < -0.39 is 11.7 Å². The van der Waals surface area contributed by atoms with Gasteiger partial charge in [-0.3, -0.25) is 0 Å². The normalized spacial score (nSPS) is 10.1. The van der Waals surface area contributed by atoms with Gasteiger partial charge in [0.05, 0.1) is 5.60 Å². The van der Waals surface area contributed by atoms with Crippen LogP contribution in [0.25, 0.3) is 0 Å². The van der Waals surface area contributed by atoms with Gasteiger partial charge in [0.25, 0.3) is 0 Å². The molecule has 1 rings (SSSR count). The molecule has 0 aromatic heterocycles. The Bertz CT molecular complexity index is 286. The quantitative estimate of drug-likeness (QED) is 0.695. The first-order valence-electron chi connectivity index (χ1n) is 4.56. The molecule has 0 heterocycles. The van der Waals surface area contributed by atoms with Crippen molar-refractivity contribution in [2.24, 2.45) is 5.73 Å². The Morgan fingerprint density at radius 3 is 2.07 bits per heavy atom. The number of primary amides is 1. The molecule has 0 aliphatic carbocycles. The van der Waals surface area contributed by atoms with Gasteiger partial charge in [0, 0.05) is 6.42 Å². The minimum absolute atomic E-state index is 0.596. The number of rotatable bonds is 2. The summed E-state index contributed by atoms with van der Waals surface area (Å²) in [6, 6.07) is 10.0. The summed E-state index contributed by atoms with van der Waals surface area (Å²) in [4.78, 5) is 8.78. The lowest BCUT2D eigenvalue weighted by Crippen LogP contribution is -2.21. The lowest BCUT2D eigenvalue weighted by Gasteiger charge is -2.16. The van der Waals surface area contributed by atoms with Gasteiger partial charge in [0.1, 0.15) is 0 Å². The molecule has 0 spiro atoms. The lowest BCUT2D eigenvalue weighted by molar-refractivity contribution is 0.0810. The van der Waals surface area contributed by atoms with Gasteiger partial charge in [0.2, 0.25) is 0 Å². The number of benzene rings is 1. The second-order valence-corrected chi connectivity index (χ2v) is 3.81. The average Bonchev–Trinajstić information content (AvgIpc) is 2.01. The Morgan fingerprint density at radius 2 is 1.73 bits per heavy atom. The van der Waals surface area contributed by atoms with E-state index in [0.717, 1.165) is 0 Å². The van der Waals surface area contributed by atoms with Crippen molar-refractivity contribution in [2.45, 2.75) is 25.9 Å². The molecule has 15 heavy (non-hydrogen) atoms. The maximum Gasteiger partial charge on any atom is 0.402 e. The summed E-state index contributed by atoms with van der Waals surface area (Å²) in [5, 5.41) is 16.7. The van der Waals surface area contributed by atoms with Crippen LogP contribution in [-0.4, -0.2) is 21.9 Å². The van der Waals surface area contributed by atoms with Crippen LogP contribution in [0.2, 0.25) is 0 Å². The molecule has 0 atom stereocenters. The molecule has 0 unspecified atom stereocenters. The van der Waals surface area contributed by atoms with E-state index >= 15 is 0 Å². The third kappa shape index (κ3) is 10.4. The maximum absolute atomic E-state index is 9.47. The molecule has 0 aliphatic heterocycles. The van der Waals surface area contributed by atoms with E-state index in [1.807, 2.05) is 44.2 Å². The third-order valence-electron chi connectivity index (χ3n) is 1.48. The first-order valence-corrected chi connectivity index (χ1v) is 4.56. The molecule has 84 valence electrons. The Morgan fingerprint density at radius 1 is 1.33 bits per heavy atom. The van der Waals surface area contributed by atoms with Crippen molar-refractivity contribution in [3.8, 4) is 0 Å². The Labute approximate surface area is 89.4 Å². The molecule has 1 aromatic carbocycles. The molecule has 4 nitrogen and oxygen atoms in total. The summed E-state index contributed by atoms with van der Waals surface area (Å²) in [6.07, 6.45) is -0.617. The summed E-state index contributed by atoms with van der Waals surface area (Å²) >= 11 is 0. The standard InChI is InChI=1S/C10H14O.CH3NO2/c1-10(2,11)8-9-6-4-3-5-7-9;2-1(3)4/h3-7,11H,8H2,1-2H3;2H2,(H,3,4). The first-order chi connectivity index (χ1) is 6.81. The molecule has 0 aliphatic rings. The second kappa shape index (κ2) is 6.03. The van der Waals surface area contributed by atoms with Crippen molar-refractivity contribution in [3.63, 3.8) is 0 Å². The highest BCUT2D eigenvalue weighted by atomic mass is 16.4. The number of carboxylic acid groups (broad SMARTS) is 1. The minimum Gasteiger partial charge on any atom is -0.465 e. The number of nitrogens with two attached hydrogens (primary N) is 1. The van der Waals surface area contributed by atoms with Gasteiger partial charge in [-0.1, -0.05) is 30.3 Å². The van der Waals surface area contributed by atoms with E-state index in [9.17, 15) is 5.11 Å². The van der Waals surface area contributed by atoms with Gasteiger partial charge in [-0.2, -0.15) is 0 Å². The smallest absolute Gasteiger partial charge is 0.402 e. The molecule has 4 N–H and O–H groups in total. The number of aliphatic hydroxyl groups is 1. The van der Waals surface area contributed by atoms with Crippen LogP contribution < -0.4 is 5.73 Å². The summed E-state index contributed by atoms with van der Waals surface area (Å²) in [5.41, 5.74) is 4.61. The van der Waals surface area contributed by atoms with Crippen molar-refractivity contribution >= 4 is 6.09 Å². The molecule has 0 saturated carbocycles. The van der Waals surface area contributed by atoms with Crippen LogP contribution in [-0.2, 0) is 6.42 Å². The van der Waals surface area contributed by atoms with E-state index in [0.29, 0.717) is 6.42 Å². The van der Waals surface area contributed by atoms with Gasteiger partial charge in [-0.05, 0) is 19.4 Å². The molecule has 0 fully saturated rings. The Hall–Kier alpha value is -1.55. The molecule has 0 radical (unpaired) electrons. The fourth-order valence-corrected chi connectivity index (χ4v) is 1.10. The lowest BCUT2D eigenvalue weighted by atomic mass is 9.99. The van der Waals surface area contributed by atoms with Crippen LogP contribution in [0.3, 0.4) is 0 Å². The largest absolute Gasteiger partial charge is 0.465 e. The zero-order valence-corrected chi connectivity index (χ0v) is 8.97. The van der Waals surface area contributed by atoms with Crippen LogP contribution >= 0.6 is 0 Å². The highest BCUT2D eigenvalue weighted by Crippen LogP contribution is 2.10. The van der Waals surface area contributed by atoms with E-state index in [2.05, 4.69) is 5.73 Å². The molecule has 0 bridgehead atoms. The van der Waals surface area contributed by atoms with Crippen molar-refractivity contribution in [1.82, 2.24) is 0 Å². The van der Waals surface area contributed by atoms with E-state index in [1.54, 1.807) is 0 Å². The van der Waals surface area contributed by atoms with E-state index in [1.165, 1.54) is 5.56 Å². The predicted octanol–water partition coefficient (Wildman–Crippen LogP) is 1.62. The second-order valence-electron chi connectivity index (χ2n) is 3.81. The minimum atomic E-state index is -1.33. The Kier molecular flexibility index (Phi) is 5.41. The third-order valence-corrected chi connectivity index (χ3v) is 1.48. The van der Waals surface area contributed by atoms with E-state index in [4.69, 9.17) is 9.90 Å². The van der Waals surface area contributed by atoms with Crippen LogP contribution in [0.1, 0.15) is 19.4 Å². The fraction of sp³-hybridized carbons (Fsp3) is 0.364. The highest BCUT2D eigenvalue weighted by Gasteiger charge is 2.12. The van der Waals surface area contributed by atoms with Gasteiger partial charge in [-0.25, -0.2) is 4.79 Å². The highest BCUT2D eigenvalue weighted by molar-refractivity contribution is 5.61. The van der Waals surface area contributed by atoms with Crippen molar-refractivity contribution in [3.05, 3.63) is 35.9 Å². The molecule has 0 saturated heterocycles. The summed E-state index contributed by atoms with van der Waals surface area (Å²) in [7, 11) is 0. The molecule has 4 heteroatoms. The van der Waals surface area contributed by atoms with Gasteiger partial charge < -0.3 is 15.9 Å². The molecule has 1 aromatic rings. The number of hydrogen-bond donors (Lipinski definition) is 3. The van der Waals surface area contributed by atoms with Crippen LogP contribution in [0.15, 0.2) is 30.3 Å². The SMILES string of the molecule is CC(C)(O)Cc1ccccc1.NC(=O)O. The average molecular weight is 211 g/mol. The van der Waals surface area contributed by atoms with E-state index in [-0.39, 0.29) is 0 Å². The van der Waals surface area contributed by atoms with Crippen molar-refractivity contribution < 1.29 is 15.0 Å². The van der Waals surface area contributed by atoms with Crippen molar-refractivity contribution in [1.29, 1.82) is 0 Å². The fourth-order valence-electron chi connectivity index (χ4n) is 1.10. The molecule has 1 amide bonds. The number of hydrogen-bond acceptors (Lipinski definition) is 2. The molecular weight excluding hydrogens is 194 g/mol.